The van der Waals surface area contributed by atoms with Gasteiger partial charge in [0.05, 0.1) is 11.5 Å². The Morgan fingerprint density at radius 2 is 1.79 bits per heavy atom. The zero-order valence-corrected chi connectivity index (χ0v) is 12.7. The third kappa shape index (κ3) is 3.24. The summed E-state index contributed by atoms with van der Waals surface area (Å²) < 4.78 is 43.9. The summed E-state index contributed by atoms with van der Waals surface area (Å²) in [5.74, 6) is 0.230. The topological polar surface area (TPSA) is 64.9 Å². The molecule has 1 heterocycles. The number of halogens is 3. The SMILES string of the molecule is CC(c1ccccc1)c1nc(-c2cc(N)cc(C(F)(F)F)c2)no1. The fourth-order valence-corrected chi connectivity index (χ4v) is 2.36. The van der Waals surface area contributed by atoms with E-state index in [1.54, 1.807) is 0 Å². The molecule has 1 atom stereocenters. The van der Waals surface area contributed by atoms with Crippen molar-refractivity contribution in [2.75, 3.05) is 5.73 Å². The lowest BCUT2D eigenvalue weighted by Crippen LogP contribution is -2.06. The Balaban J connectivity index is 1.95. The number of aromatic nitrogens is 2. The van der Waals surface area contributed by atoms with Gasteiger partial charge in [0, 0.05) is 11.3 Å². The summed E-state index contributed by atoms with van der Waals surface area (Å²) in [7, 11) is 0. The second-order valence-corrected chi connectivity index (χ2v) is 5.43. The van der Waals surface area contributed by atoms with Gasteiger partial charge in [0.1, 0.15) is 0 Å². The summed E-state index contributed by atoms with van der Waals surface area (Å²) in [5, 5.41) is 3.79. The predicted molar refractivity (Wildman–Crippen MR) is 83.1 cm³/mol. The van der Waals surface area contributed by atoms with Crippen LogP contribution in [0.2, 0.25) is 0 Å². The maximum atomic E-state index is 12.9. The number of rotatable bonds is 3. The van der Waals surface area contributed by atoms with Crippen molar-refractivity contribution in [2.45, 2.75) is 19.0 Å². The van der Waals surface area contributed by atoms with Crippen molar-refractivity contribution >= 4 is 5.69 Å². The molecule has 0 bridgehead atoms. The van der Waals surface area contributed by atoms with Gasteiger partial charge < -0.3 is 10.3 Å². The van der Waals surface area contributed by atoms with Gasteiger partial charge in [-0.25, -0.2) is 0 Å². The number of hydrogen-bond acceptors (Lipinski definition) is 4. The molecule has 3 rings (SSSR count). The van der Waals surface area contributed by atoms with Crippen molar-refractivity contribution in [1.29, 1.82) is 0 Å². The summed E-state index contributed by atoms with van der Waals surface area (Å²) in [4.78, 5) is 4.22. The largest absolute Gasteiger partial charge is 0.416 e. The Kier molecular flexibility index (Phi) is 4.01. The molecule has 2 N–H and O–H groups in total. The maximum Gasteiger partial charge on any atom is 0.416 e. The molecule has 3 aromatic rings. The van der Waals surface area contributed by atoms with Crippen LogP contribution in [-0.4, -0.2) is 10.1 Å². The molecule has 1 aromatic heterocycles. The minimum atomic E-state index is -4.49. The minimum absolute atomic E-state index is 0.0118. The van der Waals surface area contributed by atoms with E-state index < -0.39 is 11.7 Å². The lowest BCUT2D eigenvalue weighted by Gasteiger charge is -2.08. The van der Waals surface area contributed by atoms with Crippen LogP contribution in [0.3, 0.4) is 0 Å². The van der Waals surface area contributed by atoms with Crippen LogP contribution in [0.5, 0.6) is 0 Å². The Bertz CT molecular complexity index is 844. The van der Waals surface area contributed by atoms with Gasteiger partial charge in [0.15, 0.2) is 0 Å². The summed E-state index contributed by atoms with van der Waals surface area (Å²) in [5.41, 5.74) is 5.84. The van der Waals surface area contributed by atoms with Gasteiger partial charge in [0.2, 0.25) is 11.7 Å². The van der Waals surface area contributed by atoms with Gasteiger partial charge >= 0.3 is 6.18 Å². The average Bonchev–Trinajstić information content (AvgIpc) is 3.03. The van der Waals surface area contributed by atoms with E-state index in [4.69, 9.17) is 10.3 Å². The van der Waals surface area contributed by atoms with Gasteiger partial charge in [-0.2, -0.15) is 18.2 Å². The number of alkyl halides is 3. The van der Waals surface area contributed by atoms with Crippen LogP contribution in [-0.2, 0) is 6.18 Å². The normalized spacial score (nSPS) is 13.0. The maximum absolute atomic E-state index is 12.9. The van der Waals surface area contributed by atoms with Crippen molar-refractivity contribution < 1.29 is 17.7 Å². The second-order valence-electron chi connectivity index (χ2n) is 5.43. The molecule has 0 saturated carbocycles. The van der Waals surface area contributed by atoms with E-state index in [1.807, 2.05) is 37.3 Å². The smallest absolute Gasteiger partial charge is 0.399 e. The molecular weight excluding hydrogens is 319 g/mol. The van der Waals surface area contributed by atoms with Gasteiger partial charge in [0.25, 0.3) is 0 Å². The predicted octanol–water partition coefficient (Wildman–Crippen LogP) is 4.49. The molecule has 124 valence electrons. The van der Waals surface area contributed by atoms with E-state index in [-0.39, 0.29) is 23.0 Å². The van der Waals surface area contributed by atoms with E-state index in [9.17, 15) is 13.2 Å². The number of nitrogen functional groups attached to an aromatic ring is 1. The fraction of sp³-hybridized carbons (Fsp3) is 0.176. The molecule has 0 amide bonds. The highest BCUT2D eigenvalue weighted by atomic mass is 19.4. The lowest BCUT2D eigenvalue weighted by atomic mass is 10.0. The van der Waals surface area contributed by atoms with Crippen LogP contribution in [0.1, 0.15) is 29.9 Å². The minimum Gasteiger partial charge on any atom is -0.399 e. The monoisotopic (exact) mass is 333 g/mol. The first-order chi connectivity index (χ1) is 11.3. The first-order valence-corrected chi connectivity index (χ1v) is 7.21. The van der Waals surface area contributed by atoms with E-state index in [0.717, 1.165) is 17.7 Å². The number of nitrogens with two attached hydrogens (primary N) is 1. The molecule has 0 spiro atoms. The first-order valence-electron chi connectivity index (χ1n) is 7.21. The van der Waals surface area contributed by atoms with Crippen LogP contribution in [0, 0.1) is 0 Å². The van der Waals surface area contributed by atoms with E-state index in [0.29, 0.717) is 5.89 Å². The molecule has 0 radical (unpaired) electrons. The Labute approximate surface area is 136 Å². The van der Waals surface area contributed by atoms with Crippen LogP contribution >= 0.6 is 0 Å². The molecule has 0 fully saturated rings. The number of benzene rings is 2. The van der Waals surface area contributed by atoms with Crippen molar-refractivity contribution in [3.8, 4) is 11.4 Å². The van der Waals surface area contributed by atoms with Gasteiger partial charge in [-0.1, -0.05) is 35.5 Å². The molecule has 24 heavy (non-hydrogen) atoms. The quantitative estimate of drug-likeness (QED) is 0.717. The lowest BCUT2D eigenvalue weighted by molar-refractivity contribution is -0.137. The van der Waals surface area contributed by atoms with Gasteiger partial charge in [-0.15, -0.1) is 0 Å². The zero-order chi connectivity index (χ0) is 17.3. The standard InChI is InChI=1S/C17H14F3N3O/c1-10(11-5-3-2-4-6-11)16-22-15(23-24-16)12-7-13(17(18,19)20)9-14(21)8-12/h2-10H,21H2,1H3. The number of hydrogen-bond donors (Lipinski definition) is 1. The molecule has 0 aliphatic rings. The van der Waals surface area contributed by atoms with Crippen LogP contribution in [0.15, 0.2) is 53.1 Å². The van der Waals surface area contributed by atoms with E-state index in [2.05, 4.69) is 10.1 Å². The van der Waals surface area contributed by atoms with Crippen molar-refractivity contribution in [3.05, 3.63) is 65.5 Å². The average molecular weight is 333 g/mol. The molecule has 7 heteroatoms. The van der Waals surface area contributed by atoms with E-state index >= 15 is 0 Å². The fourth-order valence-electron chi connectivity index (χ4n) is 2.36. The number of nitrogens with zero attached hydrogens (tertiary/aromatic N) is 2. The third-order valence-electron chi connectivity index (χ3n) is 3.65. The van der Waals surface area contributed by atoms with Crippen LogP contribution in [0.25, 0.3) is 11.4 Å². The molecule has 0 aliphatic carbocycles. The van der Waals surface area contributed by atoms with Crippen LogP contribution < -0.4 is 5.73 Å². The highest BCUT2D eigenvalue weighted by Crippen LogP contribution is 2.34. The van der Waals surface area contributed by atoms with Crippen molar-refractivity contribution in [3.63, 3.8) is 0 Å². The van der Waals surface area contributed by atoms with Gasteiger partial charge in [-0.3, -0.25) is 0 Å². The summed E-state index contributed by atoms with van der Waals surface area (Å²) >= 11 is 0. The Hall–Kier alpha value is -2.83. The number of anilines is 1. The van der Waals surface area contributed by atoms with Crippen molar-refractivity contribution in [2.24, 2.45) is 0 Å². The highest BCUT2D eigenvalue weighted by Gasteiger charge is 2.31. The summed E-state index contributed by atoms with van der Waals surface area (Å²) in [6, 6.07) is 12.7. The van der Waals surface area contributed by atoms with Crippen molar-refractivity contribution in [1.82, 2.24) is 10.1 Å². The molecular formula is C17H14F3N3O. The Morgan fingerprint density at radius 1 is 1.08 bits per heavy atom. The summed E-state index contributed by atoms with van der Waals surface area (Å²) in [6.45, 7) is 1.88. The molecule has 0 saturated heterocycles. The zero-order valence-electron chi connectivity index (χ0n) is 12.7. The third-order valence-corrected chi connectivity index (χ3v) is 3.65. The van der Waals surface area contributed by atoms with Crippen LogP contribution in [0.4, 0.5) is 18.9 Å². The van der Waals surface area contributed by atoms with Gasteiger partial charge in [-0.05, 0) is 30.7 Å². The Morgan fingerprint density at radius 3 is 2.46 bits per heavy atom. The molecule has 1 unspecified atom stereocenters. The second kappa shape index (κ2) is 5.99. The molecule has 4 nitrogen and oxygen atoms in total. The molecule has 2 aromatic carbocycles. The first kappa shape index (κ1) is 16.0. The summed E-state index contributed by atoms with van der Waals surface area (Å²) in [6.07, 6.45) is -4.49. The van der Waals surface area contributed by atoms with E-state index in [1.165, 1.54) is 6.07 Å². The highest BCUT2D eigenvalue weighted by molar-refractivity contribution is 5.63. The molecule has 0 aliphatic heterocycles.